The number of amides is 1. The van der Waals surface area contributed by atoms with E-state index in [1.165, 1.54) is 23.1 Å². The number of nitrogens with one attached hydrogen (secondary N) is 1. The van der Waals surface area contributed by atoms with Crippen LogP contribution in [-0.4, -0.2) is 18.6 Å². The molecule has 0 saturated carbocycles. The van der Waals surface area contributed by atoms with E-state index in [0.717, 1.165) is 31.4 Å². The lowest BCUT2D eigenvalue weighted by Crippen LogP contribution is -2.36. The van der Waals surface area contributed by atoms with Crippen LogP contribution in [0, 0.1) is 0 Å². The summed E-state index contributed by atoms with van der Waals surface area (Å²) >= 11 is 0. The highest BCUT2D eigenvalue weighted by atomic mass is 16.5. The molecule has 1 aliphatic rings. The fourth-order valence-electron chi connectivity index (χ4n) is 3.20. The zero-order valence-electron chi connectivity index (χ0n) is 14.3. The molecule has 1 amide bonds. The number of fused-ring (bicyclic) bond motifs is 1. The van der Waals surface area contributed by atoms with Gasteiger partial charge in [0.2, 0.25) is 0 Å². The molecule has 126 valence electrons. The average Bonchev–Trinajstić information content (AvgIpc) is 3.07. The first-order valence-electron chi connectivity index (χ1n) is 8.78. The minimum absolute atomic E-state index is 0.0592. The summed E-state index contributed by atoms with van der Waals surface area (Å²) in [5, 5.41) is 3.01. The summed E-state index contributed by atoms with van der Waals surface area (Å²) < 4.78 is 5.64. The Kier molecular flexibility index (Phi) is 5.52. The molecule has 3 heteroatoms. The predicted molar refractivity (Wildman–Crippen MR) is 96.3 cm³/mol. The van der Waals surface area contributed by atoms with Crippen molar-refractivity contribution in [1.29, 1.82) is 0 Å². The van der Waals surface area contributed by atoms with Crippen LogP contribution in [0.25, 0.3) is 0 Å². The summed E-state index contributed by atoms with van der Waals surface area (Å²) in [6, 6.07) is 16.7. The minimum atomic E-state index is -0.0592. The molecule has 0 bridgehead atoms. The molecule has 2 aromatic carbocycles. The van der Waals surface area contributed by atoms with Crippen LogP contribution < -0.4 is 10.1 Å². The van der Waals surface area contributed by atoms with Crippen molar-refractivity contribution in [2.24, 2.45) is 0 Å². The SMILES string of the molecule is CC(CCc1ccccc1)NC(=O)COc1ccc2c(c1)CCC2. The molecule has 3 nitrogen and oxygen atoms in total. The molecule has 3 rings (SSSR count). The van der Waals surface area contributed by atoms with Crippen molar-refractivity contribution in [3.05, 3.63) is 65.2 Å². The van der Waals surface area contributed by atoms with Gasteiger partial charge in [-0.2, -0.15) is 0 Å². The van der Waals surface area contributed by atoms with E-state index >= 15 is 0 Å². The summed E-state index contributed by atoms with van der Waals surface area (Å²) in [6.07, 6.45) is 5.39. The highest BCUT2D eigenvalue weighted by Gasteiger charge is 2.12. The van der Waals surface area contributed by atoms with E-state index in [1.807, 2.05) is 31.2 Å². The van der Waals surface area contributed by atoms with Gasteiger partial charge in [-0.3, -0.25) is 4.79 Å². The Bertz CT molecular complexity index is 681. The Morgan fingerprint density at radius 2 is 1.92 bits per heavy atom. The van der Waals surface area contributed by atoms with Gasteiger partial charge in [0.15, 0.2) is 6.61 Å². The van der Waals surface area contributed by atoms with Crippen LogP contribution in [0.2, 0.25) is 0 Å². The Hall–Kier alpha value is -2.29. The molecule has 0 aliphatic heterocycles. The van der Waals surface area contributed by atoms with Gasteiger partial charge < -0.3 is 10.1 Å². The molecule has 24 heavy (non-hydrogen) atoms. The van der Waals surface area contributed by atoms with Gasteiger partial charge in [0, 0.05) is 6.04 Å². The fourth-order valence-corrected chi connectivity index (χ4v) is 3.20. The van der Waals surface area contributed by atoms with Crippen LogP contribution in [-0.2, 0) is 24.1 Å². The number of hydrogen-bond acceptors (Lipinski definition) is 2. The summed E-state index contributed by atoms with van der Waals surface area (Å²) in [7, 11) is 0. The number of ether oxygens (including phenoxy) is 1. The maximum Gasteiger partial charge on any atom is 0.258 e. The van der Waals surface area contributed by atoms with Crippen molar-refractivity contribution in [3.63, 3.8) is 0 Å². The number of benzene rings is 2. The third-order valence-electron chi connectivity index (χ3n) is 4.56. The second-order valence-corrected chi connectivity index (χ2v) is 6.57. The highest BCUT2D eigenvalue weighted by Crippen LogP contribution is 2.25. The van der Waals surface area contributed by atoms with Gasteiger partial charge >= 0.3 is 0 Å². The first kappa shape index (κ1) is 16.6. The summed E-state index contributed by atoms with van der Waals surface area (Å²) in [5.41, 5.74) is 4.08. The molecule has 1 unspecified atom stereocenters. The van der Waals surface area contributed by atoms with E-state index in [2.05, 4.69) is 29.6 Å². The van der Waals surface area contributed by atoms with Crippen molar-refractivity contribution in [2.45, 2.75) is 45.1 Å². The van der Waals surface area contributed by atoms with Gasteiger partial charge in [-0.25, -0.2) is 0 Å². The van der Waals surface area contributed by atoms with Crippen LogP contribution in [0.1, 0.15) is 36.5 Å². The van der Waals surface area contributed by atoms with Gasteiger partial charge in [-0.1, -0.05) is 36.4 Å². The van der Waals surface area contributed by atoms with E-state index in [4.69, 9.17) is 4.74 Å². The van der Waals surface area contributed by atoms with Crippen LogP contribution in [0.5, 0.6) is 5.75 Å². The number of hydrogen-bond donors (Lipinski definition) is 1. The first-order chi connectivity index (χ1) is 11.7. The average molecular weight is 323 g/mol. The van der Waals surface area contributed by atoms with Crippen LogP contribution >= 0.6 is 0 Å². The van der Waals surface area contributed by atoms with Crippen molar-refractivity contribution >= 4 is 5.91 Å². The summed E-state index contributed by atoms with van der Waals surface area (Å²) in [6.45, 7) is 2.12. The quantitative estimate of drug-likeness (QED) is 0.844. The smallest absolute Gasteiger partial charge is 0.258 e. The second-order valence-electron chi connectivity index (χ2n) is 6.57. The largest absolute Gasteiger partial charge is 0.484 e. The topological polar surface area (TPSA) is 38.3 Å². The zero-order valence-corrected chi connectivity index (χ0v) is 14.3. The van der Waals surface area contributed by atoms with Crippen molar-refractivity contribution < 1.29 is 9.53 Å². The standard InChI is InChI=1S/C21H25NO2/c1-16(10-11-17-6-3-2-4-7-17)22-21(23)15-24-20-13-12-18-8-5-9-19(18)14-20/h2-4,6-7,12-14,16H,5,8-11,15H2,1H3,(H,22,23). The number of carbonyl (C=O) groups is 1. The normalized spacial score (nSPS) is 14.0. The molecule has 0 aromatic heterocycles. The Balaban J connectivity index is 1.40. The van der Waals surface area contributed by atoms with E-state index in [-0.39, 0.29) is 18.6 Å². The highest BCUT2D eigenvalue weighted by molar-refractivity contribution is 5.77. The lowest BCUT2D eigenvalue weighted by atomic mass is 10.1. The summed E-state index contributed by atoms with van der Waals surface area (Å²) in [5.74, 6) is 0.735. The first-order valence-corrected chi connectivity index (χ1v) is 8.78. The van der Waals surface area contributed by atoms with Gasteiger partial charge in [-0.15, -0.1) is 0 Å². The Morgan fingerprint density at radius 3 is 2.75 bits per heavy atom. The lowest BCUT2D eigenvalue weighted by Gasteiger charge is -2.14. The minimum Gasteiger partial charge on any atom is -0.484 e. The van der Waals surface area contributed by atoms with Crippen LogP contribution in [0.4, 0.5) is 0 Å². The van der Waals surface area contributed by atoms with Crippen molar-refractivity contribution in [2.75, 3.05) is 6.61 Å². The number of carbonyl (C=O) groups excluding carboxylic acids is 1. The Labute approximate surface area is 144 Å². The van der Waals surface area contributed by atoms with Gasteiger partial charge in [-0.05, 0) is 67.9 Å². The lowest BCUT2D eigenvalue weighted by molar-refractivity contribution is -0.123. The molecule has 0 heterocycles. The molecular weight excluding hydrogens is 298 g/mol. The third-order valence-corrected chi connectivity index (χ3v) is 4.56. The van der Waals surface area contributed by atoms with E-state index < -0.39 is 0 Å². The number of aryl methyl sites for hydroxylation is 3. The predicted octanol–water partition coefficient (Wildman–Crippen LogP) is 3.69. The maximum atomic E-state index is 12.0. The van der Waals surface area contributed by atoms with E-state index in [0.29, 0.717) is 0 Å². The molecule has 1 aliphatic carbocycles. The molecule has 1 atom stereocenters. The molecule has 2 aromatic rings. The number of rotatable bonds is 7. The van der Waals surface area contributed by atoms with Crippen molar-refractivity contribution in [3.8, 4) is 5.75 Å². The second kappa shape index (κ2) is 8.00. The molecule has 1 N–H and O–H groups in total. The molecule has 0 saturated heterocycles. The van der Waals surface area contributed by atoms with Gasteiger partial charge in [0.05, 0.1) is 0 Å². The fraction of sp³-hybridized carbons (Fsp3) is 0.381. The zero-order chi connectivity index (χ0) is 16.8. The molecule has 0 spiro atoms. The van der Waals surface area contributed by atoms with E-state index in [1.54, 1.807) is 0 Å². The molecule has 0 radical (unpaired) electrons. The molecular formula is C21H25NO2. The van der Waals surface area contributed by atoms with Gasteiger partial charge in [0.25, 0.3) is 5.91 Å². The van der Waals surface area contributed by atoms with Gasteiger partial charge in [0.1, 0.15) is 5.75 Å². The van der Waals surface area contributed by atoms with Crippen LogP contribution in [0.15, 0.2) is 48.5 Å². The van der Waals surface area contributed by atoms with E-state index in [9.17, 15) is 4.79 Å². The molecule has 0 fully saturated rings. The third kappa shape index (κ3) is 4.60. The van der Waals surface area contributed by atoms with Crippen LogP contribution in [0.3, 0.4) is 0 Å². The monoisotopic (exact) mass is 323 g/mol. The summed E-state index contributed by atoms with van der Waals surface area (Å²) in [4.78, 5) is 12.0. The maximum absolute atomic E-state index is 12.0. The van der Waals surface area contributed by atoms with Crippen molar-refractivity contribution in [1.82, 2.24) is 5.32 Å². The Morgan fingerprint density at radius 1 is 1.12 bits per heavy atom.